The van der Waals surface area contributed by atoms with E-state index in [4.69, 9.17) is 9.47 Å². The Bertz CT molecular complexity index is 671. The number of rotatable bonds is 5. The molecule has 1 unspecified atom stereocenters. The second-order valence-corrected chi connectivity index (χ2v) is 8.24. The maximum absolute atomic E-state index is 5.73. The Hall–Kier alpha value is -1.80. The lowest BCUT2D eigenvalue weighted by atomic mass is 9.77. The van der Waals surface area contributed by atoms with Crippen molar-refractivity contribution in [1.29, 1.82) is 0 Å². The second kappa shape index (κ2) is 6.25. The maximum atomic E-state index is 5.73. The van der Waals surface area contributed by atoms with Gasteiger partial charge in [0.25, 0.3) is 0 Å². The summed E-state index contributed by atoms with van der Waals surface area (Å²) in [5.74, 6) is 0.910. The molecule has 0 aromatic heterocycles. The van der Waals surface area contributed by atoms with Gasteiger partial charge in [-0.25, -0.2) is 0 Å². The Morgan fingerprint density at radius 2 is 1.29 bits per heavy atom. The molecule has 2 heteroatoms. The van der Waals surface area contributed by atoms with E-state index in [0.717, 1.165) is 12.4 Å². The van der Waals surface area contributed by atoms with E-state index in [0.29, 0.717) is 12.7 Å². The first-order valence-corrected chi connectivity index (χ1v) is 8.73. The van der Waals surface area contributed by atoms with Crippen LogP contribution in [0.2, 0.25) is 0 Å². The van der Waals surface area contributed by atoms with Crippen LogP contribution in [0.1, 0.15) is 51.3 Å². The Morgan fingerprint density at radius 1 is 0.833 bits per heavy atom. The van der Waals surface area contributed by atoms with Gasteiger partial charge in [0.15, 0.2) is 0 Å². The zero-order valence-electron chi connectivity index (χ0n) is 15.4. The smallest absolute Gasteiger partial charge is 0.119 e. The molecule has 3 rings (SSSR count). The molecule has 2 nitrogen and oxygen atoms in total. The van der Waals surface area contributed by atoms with Crippen molar-refractivity contribution in [1.82, 2.24) is 0 Å². The highest BCUT2D eigenvalue weighted by atomic mass is 16.6. The predicted octanol–water partition coefficient (Wildman–Crippen LogP) is 5.09. The third kappa shape index (κ3) is 3.81. The van der Waals surface area contributed by atoms with E-state index in [1.165, 1.54) is 16.7 Å². The summed E-state index contributed by atoms with van der Waals surface area (Å²) in [6, 6.07) is 17.5. The summed E-state index contributed by atoms with van der Waals surface area (Å²) < 4.78 is 10.9. The van der Waals surface area contributed by atoms with Gasteiger partial charge < -0.3 is 9.47 Å². The molecular weight excluding hydrogens is 296 g/mol. The Balaban J connectivity index is 1.76. The maximum Gasteiger partial charge on any atom is 0.119 e. The van der Waals surface area contributed by atoms with Gasteiger partial charge in [-0.15, -0.1) is 0 Å². The molecule has 0 amide bonds. The van der Waals surface area contributed by atoms with Crippen molar-refractivity contribution in [2.75, 3.05) is 13.2 Å². The van der Waals surface area contributed by atoms with E-state index < -0.39 is 0 Å². The molecule has 1 heterocycles. The predicted molar refractivity (Wildman–Crippen MR) is 98.9 cm³/mol. The molecule has 0 radical (unpaired) electrons. The minimum absolute atomic E-state index is 0.0332. The SMILES string of the molecule is CC(C)(C)c1ccc(C(C)(C)c2ccc(OCC3CO3)cc2)cc1. The first-order valence-electron chi connectivity index (χ1n) is 8.73. The van der Waals surface area contributed by atoms with Crippen molar-refractivity contribution < 1.29 is 9.47 Å². The van der Waals surface area contributed by atoms with Gasteiger partial charge in [0.2, 0.25) is 0 Å². The van der Waals surface area contributed by atoms with Crippen molar-refractivity contribution in [2.24, 2.45) is 0 Å². The number of epoxide rings is 1. The molecule has 2 aromatic rings. The lowest BCUT2D eigenvalue weighted by Gasteiger charge is -2.28. The van der Waals surface area contributed by atoms with E-state index in [2.05, 4.69) is 83.1 Å². The second-order valence-electron chi connectivity index (χ2n) is 8.24. The molecule has 1 aliphatic rings. The summed E-state index contributed by atoms with van der Waals surface area (Å²) in [5, 5.41) is 0. The zero-order valence-corrected chi connectivity index (χ0v) is 15.4. The molecule has 0 N–H and O–H groups in total. The summed E-state index contributed by atoms with van der Waals surface area (Å²) in [6.45, 7) is 12.8. The van der Waals surface area contributed by atoms with Crippen molar-refractivity contribution in [3.05, 3.63) is 65.2 Å². The highest BCUT2D eigenvalue weighted by Crippen LogP contribution is 2.34. The van der Waals surface area contributed by atoms with Crippen LogP contribution in [0.4, 0.5) is 0 Å². The van der Waals surface area contributed by atoms with E-state index in [1.54, 1.807) is 0 Å². The van der Waals surface area contributed by atoms with Gasteiger partial charge in [-0.1, -0.05) is 71.0 Å². The highest BCUT2D eigenvalue weighted by molar-refractivity contribution is 5.41. The van der Waals surface area contributed by atoms with Crippen molar-refractivity contribution in [3.8, 4) is 5.75 Å². The molecule has 1 atom stereocenters. The molecule has 0 spiro atoms. The quantitative estimate of drug-likeness (QED) is 0.715. The van der Waals surface area contributed by atoms with Gasteiger partial charge in [0.05, 0.1) is 6.61 Å². The van der Waals surface area contributed by atoms with Crippen LogP contribution < -0.4 is 4.74 Å². The fourth-order valence-corrected chi connectivity index (χ4v) is 2.87. The van der Waals surface area contributed by atoms with E-state index in [1.807, 2.05) is 0 Å². The standard InChI is InChI=1S/C22H28O2/c1-21(2,3)16-6-8-17(9-7-16)22(4,5)18-10-12-19(13-11-18)23-14-20-15-24-20/h6-13,20H,14-15H2,1-5H3. The summed E-state index contributed by atoms with van der Waals surface area (Å²) in [7, 11) is 0. The molecule has 0 aliphatic carbocycles. The molecule has 1 fully saturated rings. The van der Waals surface area contributed by atoms with E-state index >= 15 is 0 Å². The normalized spacial score (nSPS) is 17.6. The third-order valence-electron chi connectivity index (χ3n) is 4.89. The topological polar surface area (TPSA) is 21.8 Å². The zero-order chi connectivity index (χ0) is 17.4. The molecule has 128 valence electrons. The van der Waals surface area contributed by atoms with Gasteiger partial charge >= 0.3 is 0 Å². The highest BCUT2D eigenvalue weighted by Gasteiger charge is 2.25. The average Bonchev–Trinajstić information content (AvgIpc) is 3.37. The minimum Gasteiger partial charge on any atom is -0.491 e. The molecule has 1 saturated heterocycles. The van der Waals surface area contributed by atoms with Gasteiger partial charge in [0.1, 0.15) is 18.5 Å². The van der Waals surface area contributed by atoms with Gasteiger partial charge in [-0.05, 0) is 34.2 Å². The van der Waals surface area contributed by atoms with Gasteiger partial charge in [-0.3, -0.25) is 0 Å². The molecular formula is C22H28O2. The number of ether oxygens (including phenoxy) is 2. The minimum atomic E-state index is -0.0332. The third-order valence-corrected chi connectivity index (χ3v) is 4.89. The van der Waals surface area contributed by atoms with Crippen molar-refractivity contribution >= 4 is 0 Å². The molecule has 1 aliphatic heterocycles. The van der Waals surface area contributed by atoms with Crippen LogP contribution in [-0.4, -0.2) is 19.3 Å². The summed E-state index contributed by atoms with van der Waals surface area (Å²) in [6.07, 6.45) is 0.294. The lowest BCUT2D eigenvalue weighted by molar-refractivity contribution is 0.263. The molecule has 24 heavy (non-hydrogen) atoms. The average molecular weight is 324 g/mol. The first-order chi connectivity index (χ1) is 11.3. The van der Waals surface area contributed by atoms with E-state index in [9.17, 15) is 0 Å². The van der Waals surface area contributed by atoms with Crippen LogP contribution >= 0.6 is 0 Å². The van der Waals surface area contributed by atoms with Crippen molar-refractivity contribution in [2.45, 2.75) is 51.6 Å². The van der Waals surface area contributed by atoms with E-state index in [-0.39, 0.29) is 10.8 Å². The largest absolute Gasteiger partial charge is 0.491 e. The molecule has 0 bridgehead atoms. The monoisotopic (exact) mass is 324 g/mol. The Kier molecular flexibility index (Phi) is 4.44. The van der Waals surface area contributed by atoms with Crippen LogP contribution in [0.15, 0.2) is 48.5 Å². The summed E-state index contributed by atoms with van der Waals surface area (Å²) >= 11 is 0. The van der Waals surface area contributed by atoms with Crippen LogP contribution in [0.25, 0.3) is 0 Å². The number of hydrogen-bond acceptors (Lipinski definition) is 2. The fourth-order valence-electron chi connectivity index (χ4n) is 2.87. The van der Waals surface area contributed by atoms with Crippen LogP contribution in [0.3, 0.4) is 0 Å². The van der Waals surface area contributed by atoms with Gasteiger partial charge in [0, 0.05) is 5.41 Å². The summed E-state index contributed by atoms with van der Waals surface area (Å²) in [5.41, 5.74) is 4.14. The van der Waals surface area contributed by atoms with Crippen molar-refractivity contribution in [3.63, 3.8) is 0 Å². The Labute approximate surface area is 145 Å². The molecule has 2 aromatic carbocycles. The lowest BCUT2D eigenvalue weighted by Crippen LogP contribution is -2.19. The summed E-state index contributed by atoms with van der Waals surface area (Å²) in [4.78, 5) is 0. The Morgan fingerprint density at radius 3 is 1.75 bits per heavy atom. The molecule has 0 saturated carbocycles. The first kappa shape index (κ1) is 17.0. The van der Waals surface area contributed by atoms with Crippen LogP contribution in [0, 0.1) is 0 Å². The van der Waals surface area contributed by atoms with Gasteiger partial charge in [-0.2, -0.15) is 0 Å². The number of hydrogen-bond donors (Lipinski definition) is 0. The number of benzene rings is 2. The van der Waals surface area contributed by atoms with Crippen LogP contribution in [0.5, 0.6) is 5.75 Å². The fraction of sp³-hybridized carbons (Fsp3) is 0.455. The van der Waals surface area contributed by atoms with Crippen LogP contribution in [-0.2, 0) is 15.6 Å².